The lowest BCUT2D eigenvalue weighted by Crippen LogP contribution is -2.16. The van der Waals surface area contributed by atoms with Gasteiger partial charge in [0.05, 0.1) is 21.8 Å². The Kier molecular flexibility index (Phi) is 4.23. The smallest absolute Gasteiger partial charge is 0.179 e. The third-order valence-corrected chi connectivity index (χ3v) is 3.71. The Labute approximate surface area is 138 Å². The van der Waals surface area contributed by atoms with Crippen LogP contribution in [0, 0.1) is 22.7 Å². The van der Waals surface area contributed by atoms with Gasteiger partial charge in [-0.15, -0.1) is 0 Å². The minimum Gasteiger partial charge on any atom is -0.486 e. The third-order valence-electron chi connectivity index (χ3n) is 3.43. The molecule has 0 bridgehead atoms. The molecule has 0 aromatic heterocycles. The number of fused-ring (bicyclic) bond motifs is 1. The Morgan fingerprint density at radius 1 is 1.09 bits per heavy atom. The maximum absolute atomic E-state index is 9.18. The van der Waals surface area contributed by atoms with Gasteiger partial charge in [-0.1, -0.05) is 17.7 Å². The predicted molar refractivity (Wildman–Crippen MR) is 85.6 cm³/mol. The van der Waals surface area contributed by atoms with Crippen LogP contribution >= 0.6 is 11.6 Å². The summed E-state index contributed by atoms with van der Waals surface area (Å²) in [5, 5.41) is 22.0. The second-order valence-corrected chi connectivity index (χ2v) is 5.31. The average Bonchev–Trinajstić information content (AvgIpc) is 2.59. The van der Waals surface area contributed by atoms with E-state index in [2.05, 4.69) is 17.5 Å². The highest BCUT2D eigenvalue weighted by atomic mass is 35.5. The van der Waals surface area contributed by atoms with Gasteiger partial charge in [0.15, 0.2) is 11.5 Å². The molecule has 3 rings (SSSR count). The van der Waals surface area contributed by atoms with E-state index < -0.39 is 0 Å². The summed E-state index contributed by atoms with van der Waals surface area (Å²) in [6, 6.07) is 12.8. The highest BCUT2D eigenvalue weighted by Crippen LogP contribution is 2.38. The standard InChI is InChI=1S/C17H12ClN3O2/c18-14-6-11(7-15-17(14)23-5-4-22-15)10-21-16-12(8-19)2-1-3-13(16)9-20/h1-3,6-7,21H,4-5,10H2. The van der Waals surface area contributed by atoms with Crippen molar-refractivity contribution in [2.24, 2.45) is 0 Å². The van der Waals surface area contributed by atoms with Gasteiger partial charge in [-0.25, -0.2) is 0 Å². The van der Waals surface area contributed by atoms with Crippen LogP contribution in [0.4, 0.5) is 5.69 Å². The maximum Gasteiger partial charge on any atom is 0.179 e. The fraction of sp³-hybridized carbons (Fsp3) is 0.176. The first-order valence-electron chi connectivity index (χ1n) is 6.98. The van der Waals surface area contributed by atoms with Gasteiger partial charge >= 0.3 is 0 Å². The summed E-state index contributed by atoms with van der Waals surface area (Å²) in [4.78, 5) is 0. The molecule has 0 saturated heterocycles. The van der Waals surface area contributed by atoms with Crippen molar-refractivity contribution in [3.63, 3.8) is 0 Å². The second kappa shape index (κ2) is 6.48. The second-order valence-electron chi connectivity index (χ2n) is 4.91. The molecule has 2 aromatic rings. The summed E-state index contributed by atoms with van der Waals surface area (Å²) >= 11 is 6.21. The number of anilines is 1. The van der Waals surface area contributed by atoms with Crippen molar-refractivity contribution >= 4 is 17.3 Å². The zero-order valence-electron chi connectivity index (χ0n) is 12.1. The number of ether oxygens (including phenoxy) is 2. The van der Waals surface area contributed by atoms with Gasteiger partial charge in [-0.05, 0) is 29.8 Å². The monoisotopic (exact) mass is 325 g/mol. The summed E-state index contributed by atoms with van der Waals surface area (Å²) in [6.07, 6.45) is 0. The van der Waals surface area contributed by atoms with Gasteiger partial charge in [0.1, 0.15) is 25.4 Å². The van der Waals surface area contributed by atoms with Crippen LogP contribution in [0.5, 0.6) is 11.5 Å². The molecule has 0 radical (unpaired) electrons. The molecule has 23 heavy (non-hydrogen) atoms. The van der Waals surface area contributed by atoms with E-state index in [1.54, 1.807) is 24.3 Å². The van der Waals surface area contributed by atoms with Gasteiger partial charge in [0.25, 0.3) is 0 Å². The van der Waals surface area contributed by atoms with Gasteiger partial charge in [-0.3, -0.25) is 0 Å². The first-order valence-corrected chi connectivity index (χ1v) is 7.36. The van der Waals surface area contributed by atoms with Crippen molar-refractivity contribution in [1.29, 1.82) is 10.5 Å². The SMILES string of the molecule is N#Cc1cccc(C#N)c1NCc1cc(Cl)c2c(c1)OCCO2. The molecule has 0 fully saturated rings. The maximum atomic E-state index is 9.18. The van der Waals surface area contributed by atoms with Crippen LogP contribution in [0.3, 0.4) is 0 Å². The van der Waals surface area contributed by atoms with E-state index in [0.29, 0.717) is 53.1 Å². The quantitative estimate of drug-likeness (QED) is 0.934. The molecule has 0 spiro atoms. The van der Waals surface area contributed by atoms with Gasteiger partial charge in [0, 0.05) is 6.54 Å². The molecular formula is C17H12ClN3O2. The molecule has 114 valence electrons. The highest BCUT2D eigenvalue weighted by molar-refractivity contribution is 6.32. The van der Waals surface area contributed by atoms with E-state index >= 15 is 0 Å². The van der Waals surface area contributed by atoms with Crippen molar-refractivity contribution in [2.75, 3.05) is 18.5 Å². The van der Waals surface area contributed by atoms with E-state index in [1.807, 2.05) is 6.07 Å². The molecule has 0 saturated carbocycles. The first kappa shape index (κ1) is 15.0. The molecule has 6 heteroatoms. The lowest BCUT2D eigenvalue weighted by atomic mass is 10.1. The molecule has 5 nitrogen and oxygen atoms in total. The largest absolute Gasteiger partial charge is 0.486 e. The van der Waals surface area contributed by atoms with Crippen LogP contribution in [0.1, 0.15) is 16.7 Å². The zero-order chi connectivity index (χ0) is 16.2. The summed E-state index contributed by atoms with van der Waals surface area (Å²) in [5.74, 6) is 1.16. The Bertz CT molecular complexity index is 805. The van der Waals surface area contributed by atoms with E-state index in [9.17, 15) is 10.5 Å². The third kappa shape index (κ3) is 3.01. The lowest BCUT2D eigenvalue weighted by molar-refractivity contribution is 0.171. The van der Waals surface area contributed by atoms with Crippen LogP contribution < -0.4 is 14.8 Å². The number of rotatable bonds is 3. The fourth-order valence-electron chi connectivity index (χ4n) is 2.39. The fourth-order valence-corrected chi connectivity index (χ4v) is 2.67. The summed E-state index contributed by atoms with van der Waals surface area (Å²) in [6.45, 7) is 1.37. The van der Waals surface area contributed by atoms with Crippen molar-refractivity contribution in [3.8, 4) is 23.6 Å². The Hall–Kier alpha value is -2.89. The number of para-hydroxylation sites is 1. The molecule has 1 aliphatic rings. The molecule has 2 aromatic carbocycles. The van der Waals surface area contributed by atoms with Crippen LogP contribution in [0.25, 0.3) is 0 Å². The average molecular weight is 326 g/mol. The molecular weight excluding hydrogens is 314 g/mol. The summed E-state index contributed by atoms with van der Waals surface area (Å²) < 4.78 is 11.0. The number of nitriles is 2. The Balaban J connectivity index is 1.86. The molecule has 0 amide bonds. The summed E-state index contributed by atoms with van der Waals surface area (Å²) in [5.41, 5.74) is 2.24. The highest BCUT2D eigenvalue weighted by Gasteiger charge is 2.17. The normalized spacial score (nSPS) is 12.1. The van der Waals surface area contributed by atoms with E-state index in [-0.39, 0.29) is 0 Å². The number of hydrogen-bond donors (Lipinski definition) is 1. The first-order chi connectivity index (χ1) is 11.2. The number of benzene rings is 2. The topological polar surface area (TPSA) is 78.1 Å². The molecule has 1 aliphatic heterocycles. The Morgan fingerprint density at radius 2 is 1.78 bits per heavy atom. The summed E-state index contributed by atoms with van der Waals surface area (Å²) in [7, 11) is 0. The van der Waals surface area contributed by atoms with E-state index in [0.717, 1.165) is 5.56 Å². The van der Waals surface area contributed by atoms with Gasteiger partial charge in [0.2, 0.25) is 0 Å². The minimum absolute atomic E-state index is 0.406. The van der Waals surface area contributed by atoms with Crippen LogP contribution in [-0.2, 0) is 6.54 Å². The number of hydrogen-bond acceptors (Lipinski definition) is 5. The van der Waals surface area contributed by atoms with Gasteiger partial charge in [-0.2, -0.15) is 10.5 Å². The van der Waals surface area contributed by atoms with Gasteiger partial charge < -0.3 is 14.8 Å². The van der Waals surface area contributed by atoms with Crippen molar-refractivity contribution in [2.45, 2.75) is 6.54 Å². The molecule has 1 N–H and O–H groups in total. The van der Waals surface area contributed by atoms with Crippen molar-refractivity contribution < 1.29 is 9.47 Å². The van der Waals surface area contributed by atoms with Crippen molar-refractivity contribution in [3.05, 3.63) is 52.0 Å². The van der Waals surface area contributed by atoms with Crippen LogP contribution in [0.2, 0.25) is 5.02 Å². The predicted octanol–water partition coefficient (Wildman–Crippen LogP) is 3.47. The van der Waals surface area contributed by atoms with Crippen LogP contribution in [-0.4, -0.2) is 13.2 Å². The molecule has 0 unspecified atom stereocenters. The number of nitrogens with one attached hydrogen (secondary N) is 1. The van der Waals surface area contributed by atoms with E-state index in [1.165, 1.54) is 0 Å². The lowest BCUT2D eigenvalue weighted by Gasteiger charge is -2.20. The van der Waals surface area contributed by atoms with Crippen molar-refractivity contribution in [1.82, 2.24) is 0 Å². The Morgan fingerprint density at radius 3 is 2.48 bits per heavy atom. The minimum atomic E-state index is 0.406. The number of nitrogens with zero attached hydrogens (tertiary/aromatic N) is 2. The van der Waals surface area contributed by atoms with Crippen LogP contribution in [0.15, 0.2) is 30.3 Å². The molecule has 1 heterocycles. The zero-order valence-corrected chi connectivity index (χ0v) is 12.9. The number of halogens is 1. The molecule has 0 atom stereocenters. The molecule has 0 aliphatic carbocycles. The van der Waals surface area contributed by atoms with E-state index in [4.69, 9.17) is 21.1 Å².